The molecule has 0 saturated carbocycles. The first-order valence-corrected chi connectivity index (χ1v) is 9.67. The number of para-hydroxylation sites is 2. The highest BCUT2D eigenvalue weighted by molar-refractivity contribution is 7.92. The second kappa shape index (κ2) is 7.70. The molecule has 0 saturated heterocycles. The predicted octanol–water partition coefficient (Wildman–Crippen LogP) is 3.25. The first-order chi connectivity index (χ1) is 11.7. The Bertz CT molecular complexity index is 875. The van der Waals surface area contributed by atoms with E-state index in [0.717, 1.165) is 16.7 Å². The number of sulfone groups is 1. The van der Waals surface area contributed by atoms with Crippen molar-refractivity contribution in [3.8, 4) is 5.75 Å². The fourth-order valence-electron chi connectivity index (χ4n) is 2.44. The lowest BCUT2D eigenvalue weighted by molar-refractivity contribution is -0.115. The minimum Gasteiger partial charge on any atom is -0.495 e. The van der Waals surface area contributed by atoms with Gasteiger partial charge in [-0.1, -0.05) is 35.9 Å². The molecule has 0 aliphatic carbocycles. The molecule has 0 heterocycles. The Hall–Kier alpha value is -2.34. The number of nitrogens with one attached hydrogen (secondary N) is 1. The van der Waals surface area contributed by atoms with Crippen molar-refractivity contribution in [2.24, 2.45) is 0 Å². The van der Waals surface area contributed by atoms with Gasteiger partial charge in [0.1, 0.15) is 11.0 Å². The number of amides is 1. The molecule has 0 bridgehead atoms. The lowest BCUT2D eigenvalue weighted by Gasteiger charge is -2.16. The van der Waals surface area contributed by atoms with Crippen LogP contribution >= 0.6 is 0 Å². The largest absolute Gasteiger partial charge is 0.495 e. The maximum Gasteiger partial charge on any atom is 0.242 e. The van der Waals surface area contributed by atoms with Crippen LogP contribution in [0.25, 0.3) is 0 Å². The van der Waals surface area contributed by atoms with E-state index in [-0.39, 0.29) is 5.75 Å². The molecule has 134 valence electrons. The summed E-state index contributed by atoms with van der Waals surface area (Å²) in [6.45, 7) is 5.18. The summed E-state index contributed by atoms with van der Waals surface area (Å²) in [5.41, 5.74) is 3.05. The van der Waals surface area contributed by atoms with E-state index in [1.807, 2.05) is 32.0 Å². The van der Waals surface area contributed by atoms with Crippen molar-refractivity contribution in [3.63, 3.8) is 0 Å². The van der Waals surface area contributed by atoms with E-state index in [1.165, 1.54) is 14.0 Å². The summed E-state index contributed by atoms with van der Waals surface area (Å²) in [6.07, 6.45) is 0. The van der Waals surface area contributed by atoms with Gasteiger partial charge < -0.3 is 10.1 Å². The molecule has 6 heteroatoms. The Balaban J connectivity index is 2.18. The van der Waals surface area contributed by atoms with Gasteiger partial charge in [-0.3, -0.25) is 4.79 Å². The van der Waals surface area contributed by atoms with Crippen molar-refractivity contribution in [3.05, 3.63) is 59.2 Å². The molecular weight excluding hydrogens is 338 g/mol. The van der Waals surface area contributed by atoms with Gasteiger partial charge >= 0.3 is 0 Å². The van der Waals surface area contributed by atoms with Crippen LogP contribution in [0.15, 0.2) is 42.5 Å². The highest BCUT2D eigenvalue weighted by Crippen LogP contribution is 2.24. The van der Waals surface area contributed by atoms with Crippen LogP contribution in [0.1, 0.15) is 23.6 Å². The molecule has 0 fully saturated rings. The Labute approximate surface area is 148 Å². The molecule has 2 aromatic rings. The van der Waals surface area contributed by atoms with Crippen molar-refractivity contribution in [2.75, 3.05) is 12.4 Å². The number of methoxy groups -OCH3 is 1. The third kappa shape index (κ3) is 4.60. The van der Waals surface area contributed by atoms with Crippen LogP contribution in [-0.4, -0.2) is 26.7 Å². The summed E-state index contributed by atoms with van der Waals surface area (Å²) in [6, 6.07) is 12.6. The molecule has 2 rings (SSSR count). The SMILES string of the molecule is COc1ccccc1NC(=O)[C@@H](C)S(=O)(=O)Cc1cc(C)ccc1C. The van der Waals surface area contributed by atoms with E-state index in [1.54, 1.807) is 24.3 Å². The molecule has 0 spiro atoms. The zero-order chi connectivity index (χ0) is 18.6. The normalized spacial score (nSPS) is 12.5. The van der Waals surface area contributed by atoms with Crippen LogP contribution in [0.3, 0.4) is 0 Å². The summed E-state index contributed by atoms with van der Waals surface area (Å²) in [5, 5.41) is 1.47. The van der Waals surface area contributed by atoms with Gasteiger partial charge in [0.2, 0.25) is 5.91 Å². The Morgan fingerprint density at radius 3 is 2.52 bits per heavy atom. The predicted molar refractivity (Wildman–Crippen MR) is 99.6 cm³/mol. The monoisotopic (exact) mass is 361 g/mol. The van der Waals surface area contributed by atoms with Gasteiger partial charge in [0.25, 0.3) is 0 Å². The van der Waals surface area contributed by atoms with Crippen LogP contribution in [-0.2, 0) is 20.4 Å². The van der Waals surface area contributed by atoms with Crippen molar-refractivity contribution >= 4 is 21.4 Å². The molecule has 2 aromatic carbocycles. The number of benzene rings is 2. The smallest absolute Gasteiger partial charge is 0.242 e. The molecule has 0 aliphatic heterocycles. The zero-order valence-corrected chi connectivity index (χ0v) is 15.7. The van der Waals surface area contributed by atoms with Crippen molar-refractivity contribution in [1.29, 1.82) is 0 Å². The molecule has 1 atom stereocenters. The second-order valence-electron chi connectivity index (χ2n) is 6.07. The van der Waals surface area contributed by atoms with Crippen LogP contribution < -0.4 is 10.1 Å². The summed E-state index contributed by atoms with van der Waals surface area (Å²) in [4.78, 5) is 12.4. The molecule has 0 aliphatic rings. The molecule has 0 unspecified atom stereocenters. The van der Waals surface area contributed by atoms with Crippen molar-refractivity contribution in [2.45, 2.75) is 31.8 Å². The second-order valence-corrected chi connectivity index (χ2v) is 8.39. The molecule has 1 N–H and O–H groups in total. The number of carbonyl (C=O) groups excluding carboxylic acids is 1. The molecule has 5 nitrogen and oxygen atoms in total. The molecular formula is C19H23NO4S. The fraction of sp³-hybridized carbons (Fsp3) is 0.316. The third-order valence-electron chi connectivity index (χ3n) is 4.13. The van der Waals surface area contributed by atoms with Crippen LogP contribution in [0.4, 0.5) is 5.69 Å². The van der Waals surface area contributed by atoms with Gasteiger partial charge in [0.15, 0.2) is 9.84 Å². The zero-order valence-electron chi connectivity index (χ0n) is 14.9. The number of aryl methyl sites for hydroxylation is 2. The minimum absolute atomic E-state index is 0.166. The van der Waals surface area contributed by atoms with E-state index in [0.29, 0.717) is 11.4 Å². The number of hydrogen-bond donors (Lipinski definition) is 1. The summed E-state index contributed by atoms with van der Waals surface area (Å²) in [7, 11) is -2.15. The van der Waals surface area contributed by atoms with Gasteiger partial charge in [-0.25, -0.2) is 8.42 Å². The van der Waals surface area contributed by atoms with Crippen molar-refractivity contribution < 1.29 is 17.9 Å². The summed E-state index contributed by atoms with van der Waals surface area (Å²) >= 11 is 0. The molecule has 1 amide bonds. The number of rotatable bonds is 6. The molecule has 25 heavy (non-hydrogen) atoms. The van der Waals surface area contributed by atoms with Crippen LogP contribution in [0, 0.1) is 13.8 Å². The molecule has 0 aromatic heterocycles. The van der Waals surface area contributed by atoms with E-state index >= 15 is 0 Å². The lowest BCUT2D eigenvalue weighted by atomic mass is 10.1. The highest BCUT2D eigenvalue weighted by Gasteiger charge is 2.29. The van der Waals surface area contributed by atoms with Crippen molar-refractivity contribution in [1.82, 2.24) is 0 Å². The summed E-state index contributed by atoms with van der Waals surface area (Å²) in [5.74, 6) is -0.258. The average molecular weight is 361 g/mol. The Morgan fingerprint density at radius 2 is 1.84 bits per heavy atom. The Kier molecular flexibility index (Phi) is 5.85. The lowest BCUT2D eigenvalue weighted by Crippen LogP contribution is -2.33. The topological polar surface area (TPSA) is 72.5 Å². The fourth-order valence-corrected chi connectivity index (χ4v) is 3.82. The maximum absolute atomic E-state index is 12.7. The van der Waals surface area contributed by atoms with Gasteiger partial charge in [0.05, 0.1) is 18.6 Å². The maximum atomic E-state index is 12.7. The number of hydrogen-bond acceptors (Lipinski definition) is 4. The van der Waals surface area contributed by atoms with E-state index in [9.17, 15) is 13.2 Å². The van der Waals surface area contributed by atoms with Gasteiger partial charge in [0, 0.05) is 0 Å². The highest BCUT2D eigenvalue weighted by atomic mass is 32.2. The average Bonchev–Trinajstić information content (AvgIpc) is 2.57. The number of anilines is 1. The van der Waals surface area contributed by atoms with E-state index < -0.39 is 21.0 Å². The van der Waals surface area contributed by atoms with Gasteiger partial charge in [-0.05, 0) is 44.0 Å². The van der Waals surface area contributed by atoms with Gasteiger partial charge in [-0.15, -0.1) is 0 Å². The minimum atomic E-state index is -3.64. The van der Waals surface area contributed by atoms with E-state index in [2.05, 4.69) is 5.32 Å². The standard InChI is InChI=1S/C19H23NO4S/c1-13-9-10-14(2)16(11-13)12-25(22,23)15(3)19(21)20-17-7-5-6-8-18(17)24-4/h5-11,15H,12H2,1-4H3,(H,20,21)/t15-/m1/s1. The van der Waals surface area contributed by atoms with Crippen LogP contribution in [0.5, 0.6) is 5.75 Å². The first-order valence-electron chi connectivity index (χ1n) is 7.96. The first kappa shape index (κ1) is 19.0. The van der Waals surface area contributed by atoms with Crippen LogP contribution in [0.2, 0.25) is 0 Å². The number of carbonyl (C=O) groups is 1. The van der Waals surface area contributed by atoms with Gasteiger partial charge in [-0.2, -0.15) is 0 Å². The Morgan fingerprint density at radius 1 is 1.16 bits per heavy atom. The van der Waals surface area contributed by atoms with E-state index in [4.69, 9.17) is 4.74 Å². The molecule has 0 radical (unpaired) electrons. The third-order valence-corrected chi connectivity index (χ3v) is 6.14. The number of ether oxygens (including phenoxy) is 1. The quantitative estimate of drug-likeness (QED) is 0.857. The summed E-state index contributed by atoms with van der Waals surface area (Å²) < 4.78 is 30.5.